The molecule has 0 fully saturated rings. The Morgan fingerprint density at radius 2 is 1.48 bits per heavy atom. The molecular formula is C20H13NOS. The van der Waals surface area contributed by atoms with Gasteiger partial charge in [0, 0.05) is 16.7 Å². The second kappa shape index (κ2) is 4.43. The van der Waals surface area contributed by atoms with Crippen molar-refractivity contribution in [3.63, 3.8) is 0 Å². The highest BCUT2D eigenvalue weighted by atomic mass is 32.2. The molecule has 3 aromatic rings. The van der Waals surface area contributed by atoms with E-state index < -0.39 is 9.73 Å². The summed E-state index contributed by atoms with van der Waals surface area (Å²) in [5, 5.41) is 0. The van der Waals surface area contributed by atoms with Crippen LogP contribution in [0.15, 0.2) is 87.0 Å². The lowest BCUT2D eigenvalue weighted by Gasteiger charge is -2.16. The molecule has 0 spiro atoms. The molecule has 5 rings (SSSR count). The maximum Gasteiger partial charge on any atom is 0.110 e. The fraction of sp³-hybridized carbons (Fsp3) is 0. The molecule has 0 amide bonds. The summed E-state index contributed by atoms with van der Waals surface area (Å²) in [5.74, 6) is 0. The van der Waals surface area contributed by atoms with Crippen LogP contribution in [0.3, 0.4) is 0 Å². The first-order valence-corrected chi connectivity index (χ1v) is 9.06. The van der Waals surface area contributed by atoms with E-state index in [0.717, 1.165) is 37.7 Å². The van der Waals surface area contributed by atoms with E-state index in [4.69, 9.17) is 4.36 Å². The summed E-state index contributed by atoms with van der Waals surface area (Å²) in [7, 11) is -2.59. The van der Waals surface area contributed by atoms with Gasteiger partial charge in [-0.2, -0.15) is 4.36 Å². The Balaban J connectivity index is 1.91. The van der Waals surface area contributed by atoms with Crippen molar-refractivity contribution in [3.8, 4) is 11.1 Å². The van der Waals surface area contributed by atoms with Crippen LogP contribution < -0.4 is 0 Å². The molecule has 0 radical (unpaired) electrons. The largest absolute Gasteiger partial charge is 0.239 e. The highest BCUT2D eigenvalue weighted by molar-refractivity contribution is 7.94. The summed E-state index contributed by atoms with van der Waals surface area (Å²) in [6.07, 6.45) is 2.04. The number of nitrogens with zero attached hydrogens (tertiary/aromatic N) is 1. The van der Waals surface area contributed by atoms with Crippen molar-refractivity contribution < 1.29 is 4.21 Å². The summed E-state index contributed by atoms with van der Waals surface area (Å²) < 4.78 is 18.6. The lowest BCUT2D eigenvalue weighted by atomic mass is 10.0. The SMILES string of the molecule is O=S12=NC(c3ccccc3)=Cc3cccc(c31)-c1ccccc12. The highest BCUT2D eigenvalue weighted by Gasteiger charge is 2.35. The second-order valence-electron chi connectivity index (χ2n) is 5.73. The summed E-state index contributed by atoms with van der Waals surface area (Å²) >= 11 is 0. The molecular weight excluding hydrogens is 302 g/mol. The summed E-state index contributed by atoms with van der Waals surface area (Å²) in [4.78, 5) is 1.71. The van der Waals surface area contributed by atoms with E-state index in [1.54, 1.807) is 0 Å². The minimum Gasteiger partial charge on any atom is -0.239 e. The van der Waals surface area contributed by atoms with Gasteiger partial charge in [0.2, 0.25) is 0 Å². The first-order chi connectivity index (χ1) is 11.3. The topological polar surface area (TPSA) is 29.4 Å². The van der Waals surface area contributed by atoms with Crippen LogP contribution in [-0.2, 0) is 9.73 Å². The monoisotopic (exact) mass is 315 g/mol. The lowest BCUT2D eigenvalue weighted by molar-refractivity contribution is 0.678. The molecule has 3 aromatic carbocycles. The Kier molecular flexibility index (Phi) is 2.48. The molecule has 2 nitrogen and oxygen atoms in total. The van der Waals surface area contributed by atoms with Gasteiger partial charge in [-0.05, 0) is 17.7 Å². The third-order valence-corrected chi connectivity index (χ3v) is 6.80. The normalized spacial score (nSPS) is 20.3. The van der Waals surface area contributed by atoms with Gasteiger partial charge in [-0.3, -0.25) is 0 Å². The van der Waals surface area contributed by atoms with E-state index in [1.165, 1.54) is 0 Å². The average molecular weight is 315 g/mol. The van der Waals surface area contributed by atoms with Crippen molar-refractivity contribution in [1.29, 1.82) is 0 Å². The molecule has 1 atom stereocenters. The van der Waals surface area contributed by atoms with Crippen LogP contribution in [0, 0.1) is 0 Å². The van der Waals surface area contributed by atoms with Crippen LogP contribution in [0.2, 0.25) is 0 Å². The molecule has 0 bridgehead atoms. The molecule has 0 N–H and O–H groups in total. The van der Waals surface area contributed by atoms with Crippen molar-refractivity contribution in [2.45, 2.75) is 9.79 Å². The quantitative estimate of drug-likeness (QED) is 0.482. The van der Waals surface area contributed by atoms with Crippen molar-refractivity contribution in [2.75, 3.05) is 0 Å². The van der Waals surface area contributed by atoms with Gasteiger partial charge in [0.15, 0.2) is 0 Å². The molecule has 110 valence electrons. The molecule has 1 unspecified atom stereocenters. The van der Waals surface area contributed by atoms with E-state index in [0.29, 0.717) is 0 Å². The maximum atomic E-state index is 13.8. The summed E-state index contributed by atoms with van der Waals surface area (Å²) in [6, 6.07) is 24.0. The van der Waals surface area contributed by atoms with Crippen molar-refractivity contribution in [2.24, 2.45) is 4.36 Å². The Morgan fingerprint density at radius 1 is 0.739 bits per heavy atom. The van der Waals surface area contributed by atoms with Crippen LogP contribution in [0.4, 0.5) is 0 Å². The Bertz CT molecular complexity index is 1100. The maximum absolute atomic E-state index is 13.8. The van der Waals surface area contributed by atoms with Crippen LogP contribution >= 0.6 is 0 Å². The fourth-order valence-electron chi connectivity index (χ4n) is 3.38. The number of fused-ring (bicyclic) bond motifs is 3. The average Bonchev–Trinajstić information content (AvgIpc) is 2.87. The number of benzene rings is 3. The third-order valence-electron chi connectivity index (χ3n) is 4.39. The number of hydrogen-bond acceptors (Lipinski definition) is 2. The first kappa shape index (κ1) is 12.9. The van der Waals surface area contributed by atoms with Gasteiger partial charge < -0.3 is 0 Å². The molecule has 0 aliphatic carbocycles. The van der Waals surface area contributed by atoms with E-state index in [1.807, 2.05) is 78.9 Å². The predicted molar refractivity (Wildman–Crippen MR) is 93.3 cm³/mol. The van der Waals surface area contributed by atoms with Crippen LogP contribution in [-0.4, -0.2) is 4.21 Å². The molecule has 3 heteroatoms. The molecule has 2 aliphatic rings. The van der Waals surface area contributed by atoms with Gasteiger partial charge in [-0.15, -0.1) is 0 Å². The van der Waals surface area contributed by atoms with E-state index in [2.05, 4.69) is 0 Å². The van der Waals surface area contributed by atoms with E-state index >= 15 is 0 Å². The predicted octanol–water partition coefficient (Wildman–Crippen LogP) is 5.06. The van der Waals surface area contributed by atoms with Gasteiger partial charge >= 0.3 is 0 Å². The minimum absolute atomic E-state index is 0.789. The van der Waals surface area contributed by atoms with Crippen LogP contribution in [0.1, 0.15) is 11.1 Å². The standard InChI is InChI=1S/C20H13NOS/c22-23-19-12-5-4-10-16(19)17-11-6-9-15(20(17)23)13-18(21-23)14-7-2-1-3-8-14/h1-13H. The Labute approximate surface area is 135 Å². The second-order valence-corrected chi connectivity index (χ2v) is 7.82. The minimum atomic E-state index is -2.59. The highest BCUT2D eigenvalue weighted by Crippen LogP contribution is 2.49. The summed E-state index contributed by atoms with van der Waals surface area (Å²) in [5.41, 5.74) is 4.89. The molecule has 2 aliphatic heterocycles. The molecule has 0 aromatic heterocycles. The Morgan fingerprint density at radius 3 is 2.35 bits per heavy atom. The lowest BCUT2D eigenvalue weighted by Crippen LogP contribution is -2.04. The third kappa shape index (κ3) is 1.65. The zero-order chi connectivity index (χ0) is 15.4. The van der Waals surface area contributed by atoms with E-state index in [9.17, 15) is 4.21 Å². The van der Waals surface area contributed by atoms with Crippen LogP contribution in [0.5, 0.6) is 0 Å². The smallest absolute Gasteiger partial charge is 0.110 e. The van der Waals surface area contributed by atoms with Crippen molar-refractivity contribution in [1.82, 2.24) is 0 Å². The number of hydrogen-bond donors (Lipinski definition) is 0. The molecule has 23 heavy (non-hydrogen) atoms. The van der Waals surface area contributed by atoms with Gasteiger partial charge in [-0.1, -0.05) is 66.7 Å². The zero-order valence-electron chi connectivity index (χ0n) is 12.3. The van der Waals surface area contributed by atoms with Crippen molar-refractivity contribution in [3.05, 3.63) is 83.9 Å². The van der Waals surface area contributed by atoms with Crippen LogP contribution in [0.25, 0.3) is 22.9 Å². The Hall–Kier alpha value is -2.65. The van der Waals surface area contributed by atoms with Gasteiger partial charge in [0.05, 0.1) is 15.5 Å². The number of rotatable bonds is 1. The van der Waals surface area contributed by atoms with E-state index in [-0.39, 0.29) is 0 Å². The van der Waals surface area contributed by atoms with Gasteiger partial charge in [0.1, 0.15) is 9.73 Å². The first-order valence-electron chi connectivity index (χ1n) is 7.54. The molecule has 2 heterocycles. The fourth-order valence-corrected chi connectivity index (χ4v) is 5.89. The van der Waals surface area contributed by atoms with Crippen molar-refractivity contribution >= 4 is 21.5 Å². The zero-order valence-corrected chi connectivity index (χ0v) is 13.1. The molecule has 0 saturated heterocycles. The summed E-state index contributed by atoms with van der Waals surface area (Å²) in [6.45, 7) is 0. The van der Waals surface area contributed by atoms with Gasteiger partial charge in [0.25, 0.3) is 0 Å². The van der Waals surface area contributed by atoms with Gasteiger partial charge in [-0.25, -0.2) is 4.21 Å². The molecule has 0 saturated carbocycles.